The van der Waals surface area contributed by atoms with Crippen LogP contribution >= 0.6 is 11.8 Å². The summed E-state index contributed by atoms with van der Waals surface area (Å²) >= 11 is 1.88. The number of rotatable bonds is 3. The van der Waals surface area contributed by atoms with Crippen LogP contribution in [-0.4, -0.2) is 17.9 Å². The minimum atomic E-state index is 0.303. The number of methoxy groups -OCH3 is 1. The second-order valence-corrected chi connectivity index (χ2v) is 5.27. The second kappa shape index (κ2) is 4.91. The maximum absolute atomic E-state index is 5.23. The van der Waals surface area contributed by atoms with E-state index in [1.165, 1.54) is 10.6 Å². The molecule has 0 amide bonds. The highest BCUT2D eigenvalue weighted by Gasteiger charge is 2.21. The van der Waals surface area contributed by atoms with Gasteiger partial charge in [0.1, 0.15) is 5.75 Å². The van der Waals surface area contributed by atoms with E-state index in [1.54, 1.807) is 7.11 Å². The van der Waals surface area contributed by atoms with Crippen LogP contribution in [-0.2, 0) is 0 Å². The maximum atomic E-state index is 5.23. The van der Waals surface area contributed by atoms with Crippen LogP contribution in [0.15, 0.2) is 29.3 Å². The SMILES string of the molecule is COc1cccc(C2CSC(C(C)C)=N2)c1. The molecule has 0 N–H and O–H groups in total. The lowest BCUT2D eigenvalue weighted by molar-refractivity contribution is 0.414. The van der Waals surface area contributed by atoms with E-state index < -0.39 is 0 Å². The van der Waals surface area contributed by atoms with Crippen LogP contribution in [0.2, 0.25) is 0 Å². The summed E-state index contributed by atoms with van der Waals surface area (Å²) < 4.78 is 5.23. The molecule has 1 unspecified atom stereocenters. The Kier molecular flexibility index (Phi) is 3.54. The molecule has 1 atom stereocenters. The Labute approximate surface area is 101 Å². The van der Waals surface area contributed by atoms with E-state index in [0.717, 1.165) is 11.5 Å². The van der Waals surface area contributed by atoms with Gasteiger partial charge in [0, 0.05) is 11.7 Å². The quantitative estimate of drug-likeness (QED) is 0.799. The van der Waals surface area contributed by atoms with Crippen LogP contribution in [0.1, 0.15) is 25.5 Å². The Morgan fingerprint density at radius 2 is 2.25 bits per heavy atom. The van der Waals surface area contributed by atoms with E-state index in [9.17, 15) is 0 Å². The van der Waals surface area contributed by atoms with E-state index in [2.05, 4.69) is 26.0 Å². The first-order valence-electron chi connectivity index (χ1n) is 5.55. The number of aliphatic imine (C=N–C) groups is 1. The summed E-state index contributed by atoms with van der Waals surface area (Å²) in [4.78, 5) is 4.76. The van der Waals surface area contributed by atoms with Gasteiger partial charge in [0.2, 0.25) is 0 Å². The molecule has 0 radical (unpaired) electrons. The molecular weight excluding hydrogens is 218 g/mol. The predicted octanol–water partition coefficient (Wildman–Crippen LogP) is 3.54. The number of thioether (sulfide) groups is 1. The van der Waals surface area contributed by atoms with Crippen molar-refractivity contribution in [2.75, 3.05) is 12.9 Å². The summed E-state index contributed by atoms with van der Waals surface area (Å²) in [6, 6.07) is 8.51. The molecule has 3 heteroatoms. The third-order valence-electron chi connectivity index (χ3n) is 2.64. The predicted molar refractivity (Wildman–Crippen MR) is 70.5 cm³/mol. The highest BCUT2D eigenvalue weighted by Crippen LogP contribution is 2.33. The average Bonchev–Trinajstić information content (AvgIpc) is 2.78. The van der Waals surface area contributed by atoms with Gasteiger partial charge in [-0.05, 0) is 17.7 Å². The zero-order valence-electron chi connectivity index (χ0n) is 9.93. The Balaban J connectivity index is 2.19. The number of nitrogens with zero attached hydrogens (tertiary/aromatic N) is 1. The second-order valence-electron chi connectivity index (χ2n) is 4.23. The van der Waals surface area contributed by atoms with Gasteiger partial charge in [-0.15, -0.1) is 11.8 Å². The van der Waals surface area contributed by atoms with E-state index in [4.69, 9.17) is 9.73 Å². The van der Waals surface area contributed by atoms with Crippen molar-refractivity contribution in [1.82, 2.24) is 0 Å². The van der Waals surface area contributed by atoms with E-state index in [0.29, 0.717) is 12.0 Å². The van der Waals surface area contributed by atoms with Crippen LogP contribution in [0.3, 0.4) is 0 Å². The highest BCUT2D eigenvalue weighted by atomic mass is 32.2. The molecule has 0 aromatic heterocycles. The third-order valence-corrected chi connectivity index (χ3v) is 4.00. The van der Waals surface area contributed by atoms with E-state index in [1.807, 2.05) is 23.9 Å². The molecular formula is C13H17NOS. The first-order valence-corrected chi connectivity index (χ1v) is 6.53. The molecule has 0 spiro atoms. The third kappa shape index (κ3) is 2.40. The first-order chi connectivity index (χ1) is 7.70. The lowest BCUT2D eigenvalue weighted by atomic mass is 10.1. The molecule has 0 saturated heterocycles. The van der Waals surface area contributed by atoms with Crippen LogP contribution in [0, 0.1) is 5.92 Å². The lowest BCUT2D eigenvalue weighted by Crippen LogP contribution is -1.98. The van der Waals surface area contributed by atoms with Gasteiger partial charge in [-0.3, -0.25) is 4.99 Å². The van der Waals surface area contributed by atoms with Crippen molar-refractivity contribution in [3.63, 3.8) is 0 Å². The Bertz CT molecular complexity index is 401. The molecule has 2 rings (SSSR count). The van der Waals surface area contributed by atoms with Crippen molar-refractivity contribution in [3.05, 3.63) is 29.8 Å². The molecule has 0 fully saturated rings. The van der Waals surface area contributed by atoms with Gasteiger partial charge in [-0.25, -0.2) is 0 Å². The topological polar surface area (TPSA) is 21.6 Å². The fourth-order valence-electron chi connectivity index (χ4n) is 1.73. The van der Waals surface area contributed by atoms with Crippen LogP contribution in [0.4, 0.5) is 0 Å². The van der Waals surface area contributed by atoms with E-state index in [-0.39, 0.29) is 0 Å². The molecule has 16 heavy (non-hydrogen) atoms. The van der Waals surface area contributed by atoms with Gasteiger partial charge in [0.15, 0.2) is 0 Å². The van der Waals surface area contributed by atoms with Crippen LogP contribution in [0.5, 0.6) is 5.75 Å². The Morgan fingerprint density at radius 1 is 1.44 bits per heavy atom. The molecule has 1 aromatic rings. The molecule has 1 heterocycles. The number of benzene rings is 1. The molecule has 86 valence electrons. The highest BCUT2D eigenvalue weighted by molar-refractivity contribution is 8.14. The summed E-state index contributed by atoms with van der Waals surface area (Å²) in [5.74, 6) is 2.51. The van der Waals surface area contributed by atoms with Gasteiger partial charge in [-0.2, -0.15) is 0 Å². The van der Waals surface area contributed by atoms with Gasteiger partial charge in [-0.1, -0.05) is 26.0 Å². The molecule has 0 aliphatic carbocycles. The number of hydrogen-bond acceptors (Lipinski definition) is 3. The van der Waals surface area contributed by atoms with Crippen molar-refractivity contribution < 1.29 is 4.74 Å². The Hall–Kier alpha value is -0.960. The van der Waals surface area contributed by atoms with Gasteiger partial charge >= 0.3 is 0 Å². The van der Waals surface area contributed by atoms with Gasteiger partial charge in [0.25, 0.3) is 0 Å². The smallest absolute Gasteiger partial charge is 0.119 e. The van der Waals surface area contributed by atoms with Gasteiger partial charge in [0.05, 0.1) is 18.2 Å². The van der Waals surface area contributed by atoms with Gasteiger partial charge < -0.3 is 4.74 Å². The summed E-state index contributed by atoms with van der Waals surface area (Å²) in [5, 5.41) is 1.27. The minimum absolute atomic E-state index is 0.303. The van der Waals surface area contributed by atoms with E-state index >= 15 is 0 Å². The maximum Gasteiger partial charge on any atom is 0.119 e. The van der Waals surface area contributed by atoms with Crippen molar-refractivity contribution in [2.24, 2.45) is 10.9 Å². The summed E-state index contributed by atoms with van der Waals surface area (Å²) in [6.45, 7) is 4.39. The lowest BCUT2D eigenvalue weighted by Gasteiger charge is -2.07. The van der Waals surface area contributed by atoms with Crippen molar-refractivity contribution in [3.8, 4) is 5.75 Å². The molecule has 0 saturated carbocycles. The standard InChI is InChI=1S/C13H17NOS/c1-9(2)13-14-12(8-16-13)10-5-4-6-11(7-10)15-3/h4-7,9,12H,8H2,1-3H3. The Morgan fingerprint density at radius 3 is 2.88 bits per heavy atom. The molecule has 1 aliphatic heterocycles. The normalized spacial score (nSPS) is 20.0. The molecule has 1 aliphatic rings. The van der Waals surface area contributed by atoms with Crippen molar-refractivity contribution in [2.45, 2.75) is 19.9 Å². The molecule has 0 bridgehead atoms. The fourth-order valence-corrected chi connectivity index (χ4v) is 2.86. The largest absolute Gasteiger partial charge is 0.497 e. The summed E-state index contributed by atoms with van der Waals surface area (Å²) in [7, 11) is 1.70. The first kappa shape index (κ1) is 11.5. The zero-order valence-corrected chi connectivity index (χ0v) is 10.8. The van der Waals surface area contributed by atoms with Crippen molar-refractivity contribution in [1.29, 1.82) is 0 Å². The minimum Gasteiger partial charge on any atom is -0.497 e. The summed E-state index contributed by atoms with van der Waals surface area (Å²) in [6.07, 6.45) is 0. The zero-order chi connectivity index (χ0) is 11.5. The molecule has 1 aromatic carbocycles. The fraction of sp³-hybridized carbons (Fsp3) is 0.462. The van der Waals surface area contributed by atoms with Crippen LogP contribution in [0.25, 0.3) is 0 Å². The number of ether oxygens (including phenoxy) is 1. The monoisotopic (exact) mass is 235 g/mol. The van der Waals surface area contributed by atoms with Crippen molar-refractivity contribution >= 4 is 16.8 Å². The number of hydrogen-bond donors (Lipinski definition) is 0. The van der Waals surface area contributed by atoms with Crippen LogP contribution < -0.4 is 4.74 Å². The average molecular weight is 235 g/mol. The molecule has 2 nitrogen and oxygen atoms in total. The summed E-state index contributed by atoms with van der Waals surface area (Å²) in [5.41, 5.74) is 1.25.